The Kier molecular flexibility index (Phi) is 16.6. The molecule has 0 saturated heterocycles. The molecule has 0 fully saturated rings. The number of hydrogen-bond donors (Lipinski definition) is 0. The molecule has 0 bridgehead atoms. The fourth-order valence-corrected chi connectivity index (χ4v) is 6.44. The van der Waals surface area contributed by atoms with Gasteiger partial charge >= 0.3 is 0 Å². The van der Waals surface area contributed by atoms with Gasteiger partial charge in [0.25, 0.3) is 5.82 Å². The lowest BCUT2D eigenvalue weighted by molar-refractivity contribution is -0.704. The molecule has 2 atom stereocenters. The van der Waals surface area contributed by atoms with Crippen LogP contribution in [-0.4, -0.2) is 4.57 Å². The lowest BCUT2D eigenvalue weighted by atomic mass is 9.88. The summed E-state index contributed by atoms with van der Waals surface area (Å²) in [7, 11) is 0. The standard InChI is InChI=1S/C39H61N2/c1-4-6-8-10-12-14-18-24-35(3)41-33-32-40(31-23-15-13-11-9-7-5-2)39(41)30-29-38(37-27-21-17-22-28-37)34-36-25-19-16-20-26-36/h16-17,19-22,25-28,32-33,35,38H,4-15,18,23-24,29-31,34H2,1-3H3/q+1. The molecule has 0 radical (unpaired) electrons. The van der Waals surface area contributed by atoms with E-state index in [9.17, 15) is 0 Å². The summed E-state index contributed by atoms with van der Waals surface area (Å²) in [5, 5.41) is 0. The van der Waals surface area contributed by atoms with Gasteiger partial charge in [0.05, 0.1) is 12.6 Å². The predicted octanol–water partition coefficient (Wildman–Crippen LogP) is 11.2. The normalized spacial score (nSPS) is 13.0. The first-order valence-corrected chi connectivity index (χ1v) is 17.4. The molecule has 1 heterocycles. The van der Waals surface area contributed by atoms with Crippen LogP contribution in [0.15, 0.2) is 73.1 Å². The van der Waals surface area contributed by atoms with Gasteiger partial charge in [-0.15, -0.1) is 0 Å². The van der Waals surface area contributed by atoms with Gasteiger partial charge in [0.2, 0.25) is 0 Å². The van der Waals surface area contributed by atoms with Gasteiger partial charge in [0.1, 0.15) is 12.4 Å². The Hall–Kier alpha value is -2.35. The zero-order valence-corrected chi connectivity index (χ0v) is 26.9. The summed E-state index contributed by atoms with van der Waals surface area (Å²) >= 11 is 0. The van der Waals surface area contributed by atoms with Crippen molar-refractivity contribution in [2.24, 2.45) is 0 Å². The van der Waals surface area contributed by atoms with E-state index in [0.29, 0.717) is 12.0 Å². The SMILES string of the molecule is CCCCCCCCCC(C)n1cc[n+](CCCCCCCCC)c1CCC(Cc1ccccc1)c1ccccc1. The second-order valence-corrected chi connectivity index (χ2v) is 12.5. The van der Waals surface area contributed by atoms with Crippen LogP contribution in [0.4, 0.5) is 0 Å². The Morgan fingerprint density at radius 2 is 1.20 bits per heavy atom. The minimum Gasteiger partial charge on any atom is -0.234 e. The maximum absolute atomic E-state index is 2.64. The Bertz CT molecular complexity index is 1020. The van der Waals surface area contributed by atoms with E-state index >= 15 is 0 Å². The van der Waals surface area contributed by atoms with Crippen LogP contribution in [0.25, 0.3) is 0 Å². The van der Waals surface area contributed by atoms with Crippen LogP contribution in [0.5, 0.6) is 0 Å². The predicted molar refractivity (Wildman–Crippen MR) is 178 cm³/mol. The fraction of sp³-hybridized carbons (Fsp3) is 0.615. The molecule has 0 aliphatic heterocycles. The number of rotatable bonds is 23. The molecule has 2 unspecified atom stereocenters. The van der Waals surface area contributed by atoms with E-state index in [4.69, 9.17) is 0 Å². The summed E-state index contributed by atoms with van der Waals surface area (Å²) in [6, 6.07) is 22.9. The van der Waals surface area contributed by atoms with Gasteiger partial charge in [0, 0.05) is 6.42 Å². The van der Waals surface area contributed by atoms with Crippen LogP contribution >= 0.6 is 0 Å². The third-order valence-corrected chi connectivity index (χ3v) is 9.05. The molecule has 2 heteroatoms. The van der Waals surface area contributed by atoms with Crippen molar-refractivity contribution < 1.29 is 4.57 Å². The van der Waals surface area contributed by atoms with E-state index in [-0.39, 0.29) is 0 Å². The lowest BCUT2D eigenvalue weighted by Gasteiger charge is -2.18. The number of aryl methyl sites for hydroxylation is 1. The summed E-state index contributed by atoms with van der Waals surface area (Å²) in [6.07, 6.45) is 28.8. The Balaban J connectivity index is 1.66. The number of unbranched alkanes of at least 4 members (excludes halogenated alkanes) is 12. The monoisotopic (exact) mass is 557 g/mol. The van der Waals surface area contributed by atoms with Crippen molar-refractivity contribution in [3.8, 4) is 0 Å². The van der Waals surface area contributed by atoms with E-state index in [1.807, 2.05) is 0 Å². The highest BCUT2D eigenvalue weighted by molar-refractivity contribution is 5.24. The van der Waals surface area contributed by atoms with E-state index < -0.39 is 0 Å². The van der Waals surface area contributed by atoms with Gasteiger partial charge in [0.15, 0.2) is 0 Å². The van der Waals surface area contributed by atoms with E-state index in [1.165, 1.54) is 114 Å². The molecule has 226 valence electrons. The molecule has 0 spiro atoms. The molecule has 41 heavy (non-hydrogen) atoms. The van der Waals surface area contributed by atoms with E-state index in [2.05, 4.69) is 103 Å². The number of nitrogens with zero attached hydrogens (tertiary/aromatic N) is 2. The molecule has 0 saturated carbocycles. The number of imidazole rings is 1. The Morgan fingerprint density at radius 3 is 1.83 bits per heavy atom. The van der Waals surface area contributed by atoms with Crippen molar-refractivity contribution in [3.05, 3.63) is 90.0 Å². The number of benzene rings is 2. The molecule has 3 aromatic rings. The van der Waals surface area contributed by atoms with Gasteiger partial charge in [-0.25, -0.2) is 9.13 Å². The van der Waals surface area contributed by atoms with Crippen LogP contribution in [-0.2, 0) is 19.4 Å². The van der Waals surface area contributed by atoms with Gasteiger partial charge in [-0.3, -0.25) is 0 Å². The van der Waals surface area contributed by atoms with Crippen molar-refractivity contribution in [1.29, 1.82) is 0 Å². The first-order chi connectivity index (χ1) is 20.2. The topological polar surface area (TPSA) is 8.81 Å². The summed E-state index contributed by atoms with van der Waals surface area (Å²) < 4.78 is 5.25. The molecule has 0 aliphatic rings. The summed E-state index contributed by atoms with van der Waals surface area (Å²) in [5.41, 5.74) is 2.92. The zero-order chi connectivity index (χ0) is 29.0. The van der Waals surface area contributed by atoms with Gasteiger partial charge in [-0.2, -0.15) is 0 Å². The zero-order valence-electron chi connectivity index (χ0n) is 26.9. The average Bonchev–Trinajstić information content (AvgIpc) is 3.41. The van der Waals surface area contributed by atoms with Crippen molar-refractivity contribution in [3.63, 3.8) is 0 Å². The van der Waals surface area contributed by atoms with Crippen molar-refractivity contribution in [1.82, 2.24) is 4.57 Å². The highest BCUT2D eigenvalue weighted by atomic mass is 15.2. The van der Waals surface area contributed by atoms with Crippen LogP contribution in [0.3, 0.4) is 0 Å². The first kappa shape index (κ1) is 33.2. The fourth-order valence-electron chi connectivity index (χ4n) is 6.44. The van der Waals surface area contributed by atoms with Crippen LogP contribution in [0, 0.1) is 0 Å². The third kappa shape index (κ3) is 12.6. The second-order valence-electron chi connectivity index (χ2n) is 12.5. The minimum absolute atomic E-state index is 0.535. The maximum atomic E-state index is 2.64. The molecule has 2 aromatic carbocycles. The average molecular weight is 558 g/mol. The molecule has 0 amide bonds. The molecule has 0 N–H and O–H groups in total. The van der Waals surface area contributed by atoms with Crippen molar-refractivity contribution in [2.45, 2.75) is 155 Å². The Labute approximate surface area is 253 Å². The summed E-state index contributed by atoms with van der Waals surface area (Å²) in [4.78, 5) is 0. The van der Waals surface area contributed by atoms with Crippen LogP contribution < -0.4 is 4.57 Å². The van der Waals surface area contributed by atoms with E-state index in [1.54, 1.807) is 5.82 Å². The third-order valence-electron chi connectivity index (χ3n) is 9.05. The Morgan fingerprint density at radius 1 is 0.634 bits per heavy atom. The largest absolute Gasteiger partial charge is 0.256 e. The minimum atomic E-state index is 0.535. The van der Waals surface area contributed by atoms with Crippen molar-refractivity contribution in [2.75, 3.05) is 0 Å². The van der Waals surface area contributed by atoms with Crippen LogP contribution in [0.2, 0.25) is 0 Å². The maximum Gasteiger partial charge on any atom is 0.256 e. The highest BCUT2D eigenvalue weighted by Crippen LogP contribution is 2.27. The molecule has 3 rings (SSSR count). The summed E-state index contributed by atoms with van der Waals surface area (Å²) in [5.74, 6) is 2.08. The molecule has 2 nitrogen and oxygen atoms in total. The molecular formula is C39H61N2+. The van der Waals surface area contributed by atoms with Gasteiger partial charge < -0.3 is 0 Å². The summed E-state index contributed by atoms with van der Waals surface area (Å²) in [6.45, 7) is 8.23. The molecule has 1 aromatic heterocycles. The lowest BCUT2D eigenvalue weighted by Crippen LogP contribution is -2.38. The van der Waals surface area contributed by atoms with E-state index in [0.717, 1.165) is 19.4 Å². The molecular weight excluding hydrogens is 496 g/mol. The van der Waals surface area contributed by atoms with Gasteiger partial charge in [-0.1, -0.05) is 145 Å². The smallest absolute Gasteiger partial charge is 0.234 e. The quantitative estimate of drug-likeness (QED) is 0.0810. The highest BCUT2D eigenvalue weighted by Gasteiger charge is 2.23. The molecule has 0 aliphatic carbocycles. The first-order valence-electron chi connectivity index (χ1n) is 17.4. The van der Waals surface area contributed by atoms with Crippen molar-refractivity contribution >= 4 is 0 Å². The van der Waals surface area contributed by atoms with Gasteiger partial charge in [-0.05, 0) is 62.5 Å². The number of hydrogen-bond acceptors (Lipinski definition) is 0. The van der Waals surface area contributed by atoms with Crippen LogP contribution in [0.1, 0.15) is 152 Å². The second kappa shape index (κ2) is 20.5. The number of aromatic nitrogens is 2.